The van der Waals surface area contributed by atoms with E-state index >= 15 is 0 Å². The molecular weight excluding hydrogens is 226 g/mol. The van der Waals surface area contributed by atoms with Gasteiger partial charge in [-0.25, -0.2) is 8.78 Å². The maximum atomic E-state index is 12.1. The summed E-state index contributed by atoms with van der Waals surface area (Å²) in [7, 11) is 1.42. The summed E-state index contributed by atoms with van der Waals surface area (Å²) in [5, 5.41) is 0. The maximum Gasteiger partial charge on any atom is 0.255 e. The summed E-state index contributed by atoms with van der Waals surface area (Å²) in [5.74, 6) is 0.234. The van der Waals surface area contributed by atoms with Crippen molar-refractivity contribution in [3.8, 4) is 0 Å². The molecule has 0 radical (unpaired) electrons. The number of nitrogens with two attached hydrogens (primary N) is 1. The Hall–Kier alpha value is -0.710. The Morgan fingerprint density at radius 3 is 2.41 bits per heavy atom. The summed E-state index contributed by atoms with van der Waals surface area (Å²) >= 11 is 0. The van der Waals surface area contributed by atoms with Gasteiger partial charge in [-0.2, -0.15) is 0 Å². The van der Waals surface area contributed by atoms with Gasteiger partial charge in [-0.05, 0) is 25.3 Å². The second-order valence-corrected chi connectivity index (χ2v) is 4.44. The molecule has 1 unspecified atom stereocenters. The van der Waals surface area contributed by atoms with E-state index in [1.165, 1.54) is 7.05 Å². The van der Waals surface area contributed by atoms with Crippen molar-refractivity contribution in [1.82, 2.24) is 4.90 Å². The highest BCUT2D eigenvalue weighted by molar-refractivity contribution is 5.75. The lowest BCUT2D eigenvalue weighted by atomic mass is 9.94. The SMILES string of the molecule is CCCC(CCN)CCC(=O)N(C)CC(F)F. The van der Waals surface area contributed by atoms with Crippen LogP contribution in [0.2, 0.25) is 0 Å². The van der Waals surface area contributed by atoms with Crippen LogP contribution < -0.4 is 5.73 Å². The second-order valence-electron chi connectivity index (χ2n) is 4.44. The Bertz CT molecular complexity index is 207. The van der Waals surface area contributed by atoms with Gasteiger partial charge in [0.25, 0.3) is 6.43 Å². The van der Waals surface area contributed by atoms with Gasteiger partial charge in [0.2, 0.25) is 5.91 Å². The van der Waals surface area contributed by atoms with E-state index in [9.17, 15) is 13.6 Å². The minimum Gasteiger partial charge on any atom is -0.340 e. The molecule has 5 heteroatoms. The minimum atomic E-state index is -2.46. The number of carbonyl (C=O) groups excluding carboxylic acids is 1. The number of nitrogens with zero attached hydrogens (tertiary/aromatic N) is 1. The molecule has 0 aliphatic carbocycles. The number of carbonyl (C=O) groups is 1. The van der Waals surface area contributed by atoms with Gasteiger partial charge in [0.05, 0.1) is 6.54 Å². The zero-order valence-corrected chi connectivity index (χ0v) is 10.8. The van der Waals surface area contributed by atoms with E-state index in [0.717, 1.165) is 30.6 Å². The molecule has 0 bridgehead atoms. The molecule has 0 saturated carbocycles. The zero-order chi connectivity index (χ0) is 13.3. The molecule has 2 N–H and O–H groups in total. The van der Waals surface area contributed by atoms with Crippen LogP contribution in [-0.2, 0) is 4.79 Å². The number of halogens is 2. The molecule has 0 fully saturated rings. The van der Waals surface area contributed by atoms with Crippen molar-refractivity contribution in [3.05, 3.63) is 0 Å². The molecule has 1 amide bonds. The number of rotatable bonds is 9. The Kier molecular flexibility index (Phi) is 8.94. The lowest BCUT2D eigenvalue weighted by molar-refractivity contribution is -0.131. The van der Waals surface area contributed by atoms with E-state index in [1.807, 2.05) is 0 Å². The van der Waals surface area contributed by atoms with Crippen LogP contribution in [0.4, 0.5) is 8.78 Å². The molecule has 0 aromatic heterocycles. The first kappa shape index (κ1) is 16.3. The van der Waals surface area contributed by atoms with Crippen molar-refractivity contribution in [1.29, 1.82) is 0 Å². The van der Waals surface area contributed by atoms with Crippen LogP contribution in [0.1, 0.15) is 39.0 Å². The van der Waals surface area contributed by atoms with Crippen molar-refractivity contribution >= 4 is 5.91 Å². The molecule has 102 valence electrons. The average Bonchev–Trinajstić information content (AvgIpc) is 2.25. The van der Waals surface area contributed by atoms with Crippen LogP contribution in [0, 0.1) is 5.92 Å². The topological polar surface area (TPSA) is 46.3 Å². The van der Waals surface area contributed by atoms with Crippen molar-refractivity contribution < 1.29 is 13.6 Å². The van der Waals surface area contributed by atoms with Gasteiger partial charge in [-0.1, -0.05) is 19.8 Å². The first-order chi connectivity index (χ1) is 8.01. The standard InChI is InChI=1S/C12H24F2N2O/c1-3-4-10(7-8-15)5-6-12(17)16(2)9-11(13)14/h10-11H,3-9,15H2,1-2H3. The van der Waals surface area contributed by atoms with Gasteiger partial charge in [0, 0.05) is 13.5 Å². The summed E-state index contributed by atoms with van der Waals surface area (Å²) < 4.78 is 24.2. The van der Waals surface area contributed by atoms with E-state index in [0.29, 0.717) is 18.9 Å². The molecule has 0 aliphatic heterocycles. The van der Waals surface area contributed by atoms with Crippen LogP contribution in [-0.4, -0.2) is 37.4 Å². The fourth-order valence-electron chi connectivity index (χ4n) is 1.90. The van der Waals surface area contributed by atoms with Gasteiger partial charge in [-0.3, -0.25) is 4.79 Å². The summed E-state index contributed by atoms with van der Waals surface area (Å²) in [4.78, 5) is 12.7. The van der Waals surface area contributed by atoms with Crippen molar-refractivity contribution in [2.24, 2.45) is 11.7 Å². The molecule has 3 nitrogen and oxygen atoms in total. The molecule has 0 saturated heterocycles. The van der Waals surface area contributed by atoms with E-state index in [-0.39, 0.29) is 5.91 Å². The van der Waals surface area contributed by atoms with Crippen molar-refractivity contribution in [2.75, 3.05) is 20.1 Å². The predicted molar refractivity (Wildman–Crippen MR) is 64.9 cm³/mol. The van der Waals surface area contributed by atoms with Crippen molar-refractivity contribution in [3.63, 3.8) is 0 Å². The van der Waals surface area contributed by atoms with Crippen LogP contribution in [0.5, 0.6) is 0 Å². The second kappa shape index (κ2) is 9.33. The number of alkyl halides is 2. The zero-order valence-electron chi connectivity index (χ0n) is 10.8. The molecule has 0 rings (SSSR count). The van der Waals surface area contributed by atoms with Gasteiger partial charge in [-0.15, -0.1) is 0 Å². The van der Waals surface area contributed by atoms with Crippen molar-refractivity contribution in [2.45, 2.75) is 45.5 Å². The molecule has 0 aromatic rings. The van der Waals surface area contributed by atoms with E-state index < -0.39 is 13.0 Å². The molecule has 0 heterocycles. The highest BCUT2D eigenvalue weighted by atomic mass is 19.3. The largest absolute Gasteiger partial charge is 0.340 e. The van der Waals surface area contributed by atoms with Gasteiger partial charge < -0.3 is 10.6 Å². The predicted octanol–water partition coefficient (Wildman–Crippen LogP) is 2.26. The van der Waals surface area contributed by atoms with Crippen LogP contribution in [0.15, 0.2) is 0 Å². The third-order valence-corrected chi connectivity index (χ3v) is 2.88. The average molecular weight is 250 g/mol. The summed E-state index contributed by atoms with van der Waals surface area (Å²) in [6.07, 6.45) is 1.64. The fourth-order valence-corrected chi connectivity index (χ4v) is 1.90. The van der Waals surface area contributed by atoms with Crippen LogP contribution in [0.25, 0.3) is 0 Å². The van der Waals surface area contributed by atoms with E-state index in [1.54, 1.807) is 0 Å². The Balaban J connectivity index is 3.93. The molecular formula is C12H24F2N2O. The molecule has 0 spiro atoms. The summed E-state index contributed by atoms with van der Waals surface area (Å²) in [6.45, 7) is 2.23. The smallest absolute Gasteiger partial charge is 0.255 e. The van der Waals surface area contributed by atoms with Gasteiger partial charge in [0.15, 0.2) is 0 Å². The quantitative estimate of drug-likeness (QED) is 0.682. The highest BCUT2D eigenvalue weighted by Gasteiger charge is 2.15. The lowest BCUT2D eigenvalue weighted by Gasteiger charge is -2.19. The number of hydrogen-bond acceptors (Lipinski definition) is 2. The fraction of sp³-hybridized carbons (Fsp3) is 0.917. The summed E-state index contributed by atoms with van der Waals surface area (Å²) in [5.41, 5.74) is 5.50. The number of amides is 1. The minimum absolute atomic E-state index is 0.205. The Morgan fingerprint density at radius 2 is 1.94 bits per heavy atom. The highest BCUT2D eigenvalue weighted by Crippen LogP contribution is 2.17. The summed E-state index contributed by atoms with van der Waals surface area (Å²) in [6, 6.07) is 0. The number of hydrogen-bond donors (Lipinski definition) is 1. The van der Waals surface area contributed by atoms with Crippen LogP contribution in [0.3, 0.4) is 0 Å². The van der Waals surface area contributed by atoms with E-state index in [2.05, 4.69) is 6.92 Å². The molecule has 0 aromatic carbocycles. The molecule has 0 aliphatic rings. The molecule has 17 heavy (non-hydrogen) atoms. The maximum absolute atomic E-state index is 12.1. The Labute approximate surface area is 102 Å². The molecule has 1 atom stereocenters. The van der Waals surface area contributed by atoms with Crippen LogP contribution >= 0.6 is 0 Å². The third kappa shape index (κ3) is 8.07. The monoisotopic (exact) mass is 250 g/mol. The third-order valence-electron chi connectivity index (χ3n) is 2.88. The first-order valence-corrected chi connectivity index (χ1v) is 6.23. The lowest BCUT2D eigenvalue weighted by Crippen LogP contribution is -2.31. The Morgan fingerprint density at radius 1 is 1.29 bits per heavy atom. The van der Waals surface area contributed by atoms with Gasteiger partial charge >= 0.3 is 0 Å². The van der Waals surface area contributed by atoms with E-state index in [4.69, 9.17) is 5.73 Å². The van der Waals surface area contributed by atoms with Gasteiger partial charge in [0.1, 0.15) is 0 Å². The normalized spacial score (nSPS) is 12.8. The first-order valence-electron chi connectivity index (χ1n) is 6.23.